The van der Waals surface area contributed by atoms with Crippen molar-refractivity contribution in [3.8, 4) is 0 Å². The summed E-state index contributed by atoms with van der Waals surface area (Å²) in [4.78, 5) is 21.0. The van der Waals surface area contributed by atoms with Crippen molar-refractivity contribution in [2.24, 2.45) is 11.8 Å². The second-order valence-electron chi connectivity index (χ2n) is 5.16. The Morgan fingerprint density at radius 1 is 0.889 bits per heavy atom. The highest BCUT2D eigenvalue weighted by molar-refractivity contribution is 5.69. The van der Waals surface area contributed by atoms with E-state index in [1.165, 1.54) is 0 Å². The lowest BCUT2D eigenvalue weighted by molar-refractivity contribution is -0.143. The third kappa shape index (κ3) is 9.02. The normalized spacial score (nSPS) is 14.1. The van der Waals surface area contributed by atoms with E-state index in [0.717, 1.165) is 44.9 Å². The van der Waals surface area contributed by atoms with Crippen LogP contribution in [0.15, 0.2) is 0 Å². The molecule has 0 amide bonds. The van der Waals surface area contributed by atoms with Crippen LogP contribution in [-0.4, -0.2) is 22.2 Å². The van der Waals surface area contributed by atoms with E-state index >= 15 is 0 Å². The minimum Gasteiger partial charge on any atom is -0.481 e. The third-order valence-electron chi connectivity index (χ3n) is 3.54. The smallest absolute Gasteiger partial charge is 0.306 e. The van der Waals surface area contributed by atoms with Gasteiger partial charge in [-0.15, -0.1) is 0 Å². The summed E-state index contributed by atoms with van der Waals surface area (Å²) in [5, 5.41) is 17.3. The van der Waals surface area contributed by atoms with Gasteiger partial charge in [0.05, 0.1) is 5.92 Å². The van der Waals surface area contributed by atoms with Gasteiger partial charge in [-0.3, -0.25) is 9.59 Å². The Morgan fingerprint density at radius 3 is 1.89 bits per heavy atom. The maximum atomic E-state index is 10.8. The van der Waals surface area contributed by atoms with Gasteiger partial charge >= 0.3 is 11.9 Å². The van der Waals surface area contributed by atoms with Crippen LogP contribution in [0.1, 0.15) is 65.2 Å². The van der Waals surface area contributed by atoms with Crippen molar-refractivity contribution in [2.45, 2.75) is 65.2 Å². The van der Waals surface area contributed by atoms with E-state index in [0.29, 0.717) is 0 Å². The van der Waals surface area contributed by atoms with Gasteiger partial charge in [0.15, 0.2) is 0 Å². The molecule has 0 aromatic rings. The molecule has 18 heavy (non-hydrogen) atoms. The zero-order chi connectivity index (χ0) is 14.0. The zero-order valence-electron chi connectivity index (χ0n) is 11.5. The topological polar surface area (TPSA) is 74.6 Å². The molecule has 0 radical (unpaired) electrons. The van der Waals surface area contributed by atoms with Gasteiger partial charge < -0.3 is 10.2 Å². The molecule has 0 rings (SSSR count). The lowest BCUT2D eigenvalue weighted by atomic mass is 9.90. The van der Waals surface area contributed by atoms with E-state index in [1.807, 2.05) is 6.92 Å². The molecule has 2 atom stereocenters. The van der Waals surface area contributed by atoms with Gasteiger partial charge in [-0.25, -0.2) is 0 Å². The number of rotatable bonds is 11. The molecular formula is C14H26O4. The summed E-state index contributed by atoms with van der Waals surface area (Å²) in [6.07, 6.45) is 7.36. The standard InChI is InChI=1S/C14H26O4/c1-11(12(2)14(17)18)9-7-5-3-4-6-8-10-13(15)16/h11-12H,3-10H2,1-2H3,(H,15,16)(H,17,18). The summed E-state index contributed by atoms with van der Waals surface area (Å²) in [6, 6.07) is 0. The van der Waals surface area contributed by atoms with E-state index in [1.54, 1.807) is 6.92 Å². The minimum atomic E-state index is -0.716. The number of carbonyl (C=O) groups is 2. The maximum Gasteiger partial charge on any atom is 0.306 e. The fourth-order valence-electron chi connectivity index (χ4n) is 1.94. The highest BCUT2D eigenvalue weighted by Crippen LogP contribution is 2.19. The second-order valence-corrected chi connectivity index (χ2v) is 5.16. The van der Waals surface area contributed by atoms with E-state index < -0.39 is 11.9 Å². The molecule has 2 unspecified atom stereocenters. The SMILES string of the molecule is CC(CCCCCCCCC(=O)O)C(C)C(=O)O. The minimum absolute atomic E-state index is 0.231. The van der Waals surface area contributed by atoms with Crippen LogP contribution in [0.2, 0.25) is 0 Å². The van der Waals surface area contributed by atoms with Gasteiger partial charge in [0.25, 0.3) is 0 Å². The van der Waals surface area contributed by atoms with Crippen LogP contribution in [0, 0.1) is 11.8 Å². The van der Waals surface area contributed by atoms with Crippen molar-refractivity contribution in [3.05, 3.63) is 0 Å². The second kappa shape index (κ2) is 9.92. The lowest BCUT2D eigenvalue weighted by Gasteiger charge is -2.15. The first-order valence-corrected chi connectivity index (χ1v) is 6.89. The number of hydrogen-bond donors (Lipinski definition) is 2. The fraction of sp³-hybridized carbons (Fsp3) is 0.857. The Morgan fingerprint density at radius 2 is 1.39 bits per heavy atom. The zero-order valence-corrected chi connectivity index (χ0v) is 11.5. The number of carboxylic acids is 2. The summed E-state index contributed by atoms with van der Waals surface area (Å²) in [7, 11) is 0. The van der Waals surface area contributed by atoms with Gasteiger partial charge in [0.2, 0.25) is 0 Å². The summed E-state index contributed by atoms with van der Waals surface area (Å²) in [5.41, 5.74) is 0. The largest absolute Gasteiger partial charge is 0.481 e. The molecule has 0 heterocycles. The average molecular weight is 258 g/mol. The third-order valence-corrected chi connectivity index (χ3v) is 3.54. The average Bonchev–Trinajstić information content (AvgIpc) is 2.30. The van der Waals surface area contributed by atoms with Gasteiger partial charge in [-0.1, -0.05) is 46.0 Å². The van der Waals surface area contributed by atoms with Crippen molar-refractivity contribution in [1.82, 2.24) is 0 Å². The maximum absolute atomic E-state index is 10.8. The molecule has 0 aliphatic rings. The predicted molar refractivity (Wildman–Crippen MR) is 70.5 cm³/mol. The van der Waals surface area contributed by atoms with E-state index in [9.17, 15) is 9.59 Å². The number of unbranched alkanes of at least 4 members (excludes halogenated alkanes) is 5. The summed E-state index contributed by atoms with van der Waals surface area (Å²) in [6.45, 7) is 3.75. The molecule has 0 aromatic heterocycles. The predicted octanol–water partition coefficient (Wildman–Crippen LogP) is 3.55. The quantitative estimate of drug-likeness (QED) is 0.556. The van der Waals surface area contributed by atoms with Crippen LogP contribution in [0.4, 0.5) is 0 Å². The summed E-state index contributed by atoms with van der Waals surface area (Å²) >= 11 is 0. The summed E-state index contributed by atoms with van der Waals surface area (Å²) in [5.74, 6) is -1.46. The van der Waals surface area contributed by atoms with Gasteiger partial charge in [0, 0.05) is 6.42 Å². The van der Waals surface area contributed by atoms with Crippen LogP contribution in [0.3, 0.4) is 0 Å². The summed E-state index contributed by atoms with van der Waals surface area (Å²) < 4.78 is 0. The molecule has 2 N–H and O–H groups in total. The molecule has 0 bridgehead atoms. The molecular weight excluding hydrogens is 232 g/mol. The Kier molecular flexibility index (Phi) is 9.33. The van der Waals surface area contributed by atoms with Gasteiger partial charge in [-0.05, 0) is 18.8 Å². The first kappa shape index (κ1) is 16.9. The van der Waals surface area contributed by atoms with E-state index in [4.69, 9.17) is 10.2 Å². The molecule has 0 saturated carbocycles. The highest BCUT2D eigenvalue weighted by Gasteiger charge is 2.18. The highest BCUT2D eigenvalue weighted by atomic mass is 16.4. The van der Waals surface area contributed by atoms with Crippen LogP contribution in [0.5, 0.6) is 0 Å². The van der Waals surface area contributed by atoms with Crippen LogP contribution < -0.4 is 0 Å². The Labute approximate surface area is 109 Å². The van der Waals surface area contributed by atoms with Crippen molar-refractivity contribution < 1.29 is 19.8 Å². The van der Waals surface area contributed by atoms with Crippen LogP contribution >= 0.6 is 0 Å². The van der Waals surface area contributed by atoms with Crippen molar-refractivity contribution in [1.29, 1.82) is 0 Å². The van der Waals surface area contributed by atoms with Crippen LogP contribution in [0.25, 0.3) is 0 Å². The van der Waals surface area contributed by atoms with Crippen LogP contribution in [-0.2, 0) is 9.59 Å². The number of hydrogen-bond acceptors (Lipinski definition) is 2. The molecule has 0 aromatic carbocycles. The lowest BCUT2D eigenvalue weighted by Crippen LogP contribution is -2.17. The molecule has 4 heteroatoms. The van der Waals surface area contributed by atoms with Gasteiger partial charge in [0.1, 0.15) is 0 Å². The molecule has 0 fully saturated rings. The van der Waals surface area contributed by atoms with Gasteiger partial charge in [-0.2, -0.15) is 0 Å². The molecule has 0 spiro atoms. The van der Waals surface area contributed by atoms with Crippen molar-refractivity contribution in [2.75, 3.05) is 0 Å². The fourth-order valence-corrected chi connectivity index (χ4v) is 1.94. The van der Waals surface area contributed by atoms with E-state index in [2.05, 4.69) is 0 Å². The number of aliphatic carboxylic acids is 2. The molecule has 4 nitrogen and oxygen atoms in total. The molecule has 0 aliphatic heterocycles. The first-order valence-electron chi connectivity index (χ1n) is 6.89. The Balaban J connectivity index is 3.35. The Hall–Kier alpha value is -1.06. The molecule has 0 saturated heterocycles. The monoisotopic (exact) mass is 258 g/mol. The first-order chi connectivity index (χ1) is 8.45. The van der Waals surface area contributed by atoms with E-state index in [-0.39, 0.29) is 18.3 Å². The Bertz CT molecular complexity index is 250. The number of carboxylic acid groups (broad SMARTS) is 2. The van der Waals surface area contributed by atoms with Crippen molar-refractivity contribution >= 4 is 11.9 Å². The molecule has 0 aliphatic carbocycles. The molecule has 106 valence electrons. The van der Waals surface area contributed by atoms with Crippen molar-refractivity contribution in [3.63, 3.8) is 0 Å².